The summed E-state index contributed by atoms with van der Waals surface area (Å²) in [5.41, 5.74) is -0.841. The van der Waals surface area contributed by atoms with E-state index in [0.717, 1.165) is 10.0 Å². The number of amides is 1. The van der Waals surface area contributed by atoms with Crippen molar-refractivity contribution in [1.82, 2.24) is 5.32 Å². The van der Waals surface area contributed by atoms with Crippen molar-refractivity contribution in [3.63, 3.8) is 0 Å². The second kappa shape index (κ2) is 7.81. The van der Waals surface area contributed by atoms with Gasteiger partial charge < -0.3 is 14.8 Å². The predicted octanol–water partition coefficient (Wildman–Crippen LogP) is 4.16. The number of hydrogen-bond donors (Lipinski definition) is 1. The second-order valence-corrected chi connectivity index (χ2v) is 11.5. The van der Waals surface area contributed by atoms with Gasteiger partial charge in [-0.1, -0.05) is 45.8 Å². The van der Waals surface area contributed by atoms with Crippen molar-refractivity contribution in [3.8, 4) is 0 Å². The maximum absolute atomic E-state index is 13.4. The van der Waals surface area contributed by atoms with Crippen LogP contribution in [0.5, 0.6) is 0 Å². The van der Waals surface area contributed by atoms with Crippen molar-refractivity contribution in [2.24, 2.45) is 0 Å². The third kappa shape index (κ3) is 4.30. The molecule has 1 aliphatic rings. The van der Waals surface area contributed by atoms with Crippen LogP contribution in [0, 0.1) is 6.92 Å². The lowest BCUT2D eigenvalue weighted by atomic mass is 10.1. The zero-order chi connectivity index (χ0) is 22.3. The standard InChI is InChI=1S/C22H24BrNO5S/c1-14-5-11-17(12-6-14)30(27,28)19-18(15-7-9-16(23)10-8-15)22(19,13-25)24-20(26)29-21(2,3)4/h5-13,18-19H,1-4H3,(H,24,26). The molecule has 1 N–H and O–H groups in total. The normalized spacial score (nSPS) is 23.5. The van der Waals surface area contributed by atoms with Gasteiger partial charge in [0.25, 0.3) is 0 Å². The molecule has 1 amide bonds. The predicted molar refractivity (Wildman–Crippen MR) is 117 cm³/mol. The summed E-state index contributed by atoms with van der Waals surface area (Å²) in [7, 11) is -3.91. The Hall–Kier alpha value is -2.19. The summed E-state index contributed by atoms with van der Waals surface area (Å²) < 4.78 is 33.0. The van der Waals surface area contributed by atoms with Gasteiger partial charge in [0.2, 0.25) is 0 Å². The van der Waals surface area contributed by atoms with Gasteiger partial charge in [-0.2, -0.15) is 0 Å². The molecule has 1 aliphatic carbocycles. The number of alkyl carbamates (subject to hydrolysis) is 1. The van der Waals surface area contributed by atoms with Gasteiger partial charge in [-0.3, -0.25) is 0 Å². The number of halogens is 1. The molecule has 8 heteroatoms. The third-order valence-electron chi connectivity index (χ3n) is 5.00. The molecule has 0 bridgehead atoms. The van der Waals surface area contributed by atoms with E-state index in [-0.39, 0.29) is 4.90 Å². The monoisotopic (exact) mass is 493 g/mol. The number of aldehydes is 1. The molecule has 0 radical (unpaired) electrons. The fourth-order valence-corrected chi connectivity index (χ4v) is 6.11. The Morgan fingerprint density at radius 2 is 1.67 bits per heavy atom. The molecule has 6 nitrogen and oxygen atoms in total. The van der Waals surface area contributed by atoms with Gasteiger partial charge in [-0.25, -0.2) is 13.2 Å². The molecule has 30 heavy (non-hydrogen) atoms. The number of hydrogen-bond acceptors (Lipinski definition) is 5. The van der Waals surface area contributed by atoms with E-state index in [1.807, 2.05) is 6.92 Å². The Balaban J connectivity index is 2.04. The molecule has 0 aliphatic heterocycles. The van der Waals surface area contributed by atoms with Crippen molar-refractivity contribution in [3.05, 3.63) is 64.1 Å². The summed E-state index contributed by atoms with van der Waals surface area (Å²) in [5.74, 6) is -0.734. The molecule has 0 aromatic heterocycles. The second-order valence-electron chi connectivity index (χ2n) is 8.49. The van der Waals surface area contributed by atoms with E-state index in [1.54, 1.807) is 57.2 Å². The van der Waals surface area contributed by atoms with E-state index in [2.05, 4.69) is 21.2 Å². The minimum Gasteiger partial charge on any atom is -0.444 e. The zero-order valence-corrected chi connectivity index (χ0v) is 19.6. The molecular formula is C22H24BrNO5S. The highest BCUT2D eigenvalue weighted by Crippen LogP contribution is 2.56. The summed E-state index contributed by atoms with van der Waals surface area (Å²) in [6, 6.07) is 13.5. The van der Waals surface area contributed by atoms with Crippen LogP contribution in [0.4, 0.5) is 4.79 Å². The quantitative estimate of drug-likeness (QED) is 0.631. The molecule has 2 aromatic carbocycles. The van der Waals surface area contributed by atoms with Crippen LogP contribution >= 0.6 is 15.9 Å². The molecule has 3 unspecified atom stereocenters. The third-order valence-corrected chi connectivity index (χ3v) is 7.79. The minimum absolute atomic E-state index is 0.106. The van der Waals surface area contributed by atoms with E-state index >= 15 is 0 Å². The van der Waals surface area contributed by atoms with Crippen molar-refractivity contribution < 1.29 is 22.7 Å². The van der Waals surface area contributed by atoms with Crippen molar-refractivity contribution in [2.45, 2.75) is 54.9 Å². The minimum atomic E-state index is -3.91. The number of aryl methyl sites for hydroxylation is 1. The Kier molecular flexibility index (Phi) is 5.86. The van der Waals surface area contributed by atoms with Crippen LogP contribution in [0.25, 0.3) is 0 Å². The molecule has 160 valence electrons. The zero-order valence-electron chi connectivity index (χ0n) is 17.2. The van der Waals surface area contributed by atoms with Crippen molar-refractivity contribution in [2.75, 3.05) is 0 Å². The fourth-order valence-electron chi connectivity index (χ4n) is 3.60. The summed E-state index contributed by atoms with van der Waals surface area (Å²) in [4.78, 5) is 24.8. The Morgan fingerprint density at radius 1 is 1.10 bits per heavy atom. The van der Waals surface area contributed by atoms with Gasteiger partial charge in [-0.15, -0.1) is 0 Å². The molecule has 0 saturated heterocycles. The molecule has 0 heterocycles. The number of rotatable bonds is 5. The van der Waals surface area contributed by atoms with Gasteiger partial charge >= 0.3 is 6.09 Å². The van der Waals surface area contributed by atoms with Crippen LogP contribution in [0.3, 0.4) is 0 Å². The number of benzene rings is 2. The van der Waals surface area contributed by atoms with Crippen LogP contribution in [0.1, 0.15) is 37.8 Å². The summed E-state index contributed by atoms with van der Waals surface area (Å²) >= 11 is 3.35. The maximum Gasteiger partial charge on any atom is 0.408 e. The van der Waals surface area contributed by atoms with E-state index < -0.39 is 38.2 Å². The van der Waals surface area contributed by atoms with Crippen LogP contribution < -0.4 is 5.32 Å². The number of carbonyl (C=O) groups excluding carboxylic acids is 2. The highest BCUT2D eigenvalue weighted by Gasteiger charge is 2.73. The first-order valence-corrected chi connectivity index (χ1v) is 11.8. The van der Waals surface area contributed by atoms with E-state index in [0.29, 0.717) is 11.8 Å². The molecule has 1 saturated carbocycles. The maximum atomic E-state index is 13.4. The number of nitrogens with one attached hydrogen (secondary N) is 1. The highest BCUT2D eigenvalue weighted by molar-refractivity contribution is 9.10. The Morgan fingerprint density at radius 3 is 2.17 bits per heavy atom. The number of sulfone groups is 1. The first-order chi connectivity index (χ1) is 13.9. The fraction of sp³-hybridized carbons (Fsp3) is 0.364. The van der Waals surface area contributed by atoms with Crippen LogP contribution in [-0.4, -0.2) is 37.2 Å². The number of ether oxygens (including phenoxy) is 1. The van der Waals surface area contributed by atoms with Gasteiger partial charge in [0.15, 0.2) is 9.84 Å². The van der Waals surface area contributed by atoms with Gasteiger partial charge in [0.05, 0.1) is 4.90 Å². The molecule has 3 atom stereocenters. The lowest BCUT2D eigenvalue weighted by Gasteiger charge is -2.22. The van der Waals surface area contributed by atoms with Crippen LogP contribution in [0.15, 0.2) is 57.9 Å². The smallest absolute Gasteiger partial charge is 0.408 e. The average Bonchev–Trinajstić information content (AvgIpc) is 3.30. The topological polar surface area (TPSA) is 89.5 Å². The summed E-state index contributed by atoms with van der Waals surface area (Å²) in [6.45, 7) is 6.94. The Bertz CT molecular complexity index is 1060. The van der Waals surface area contributed by atoms with Crippen LogP contribution in [-0.2, 0) is 19.4 Å². The average molecular weight is 494 g/mol. The van der Waals surface area contributed by atoms with E-state index in [9.17, 15) is 18.0 Å². The van der Waals surface area contributed by atoms with E-state index in [1.165, 1.54) is 12.1 Å². The van der Waals surface area contributed by atoms with Crippen molar-refractivity contribution in [1.29, 1.82) is 0 Å². The summed E-state index contributed by atoms with van der Waals surface area (Å²) in [6.07, 6.45) is -0.321. The van der Waals surface area contributed by atoms with Gasteiger partial charge in [0.1, 0.15) is 22.7 Å². The largest absolute Gasteiger partial charge is 0.444 e. The van der Waals surface area contributed by atoms with Crippen molar-refractivity contribution >= 4 is 38.1 Å². The summed E-state index contributed by atoms with van der Waals surface area (Å²) in [5, 5.41) is 1.41. The SMILES string of the molecule is Cc1ccc(S(=O)(=O)C2C(c3ccc(Br)cc3)C2(C=O)NC(=O)OC(C)(C)C)cc1. The molecule has 3 rings (SSSR count). The lowest BCUT2D eigenvalue weighted by molar-refractivity contribution is -0.110. The lowest BCUT2D eigenvalue weighted by Crippen LogP contribution is -2.45. The highest BCUT2D eigenvalue weighted by atomic mass is 79.9. The Labute approximate surface area is 185 Å². The van der Waals surface area contributed by atoms with Crippen LogP contribution in [0.2, 0.25) is 0 Å². The first kappa shape index (κ1) is 22.5. The van der Waals surface area contributed by atoms with Gasteiger partial charge in [-0.05, 0) is 57.5 Å². The first-order valence-electron chi connectivity index (χ1n) is 9.44. The molecule has 2 aromatic rings. The van der Waals surface area contributed by atoms with Gasteiger partial charge in [0, 0.05) is 10.4 Å². The molecular weight excluding hydrogens is 470 g/mol. The molecule has 0 spiro atoms. The van der Waals surface area contributed by atoms with E-state index in [4.69, 9.17) is 4.74 Å². The molecule has 1 fully saturated rings. The number of carbonyl (C=O) groups is 2.